The number of pyridine rings is 2. The van der Waals surface area contributed by atoms with E-state index in [0.717, 1.165) is 17.1 Å². The third kappa shape index (κ3) is 16.2. The lowest BCUT2D eigenvalue weighted by molar-refractivity contribution is -0.172. The van der Waals surface area contributed by atoms with E-state index in [4.69, 9.17) is 34.4 Å². The van der Waals surface area contributed by atoms with Gasteiger partial charge in [-0.05, 0) is 60.4 Å². The number of amides is 9. The maximum atomic E-state index is 15.8. The van der Waals surface area contributed by atoms with Gasteiger partial charge in [-0.1, -0.05) is 37.3 Å². The summed E-state index contributed by atoms with van der Waals surface area (Å²) < 4.78 is 44.2. The molecule has 0 bridgehead atoms. The number of esters is 1. The smallest absolute Gasteiger partial charge is 0.343 e. The molecule has 2 aromatic heterocycles. The number of benzene rings is 2. The lowest BCUT2D eigenvalue weighted by atomic mass is 9.75. The minimum atomic E-state index is -2.08. The van der Waals surface area contributed by atoms with Crippen molar-refractivity contribution in [3.8, 4) is 11.4 Å². The molecule has 4 aliphatic rings. The van der Waals surface area contributed by atoms with Crippen molar-refractivity contribution in [2.75, 3.05) is 85.6 Å². The summed E-state index contributed by atoms with van der Waals surface area (Å²) in [5.74, 6) is -7.35. The molecule has 27 nitrogen and oxygen atoms in total. The Morgan fingerprint density at radius 3 is 2.05 bits per heavy atom. The van der Waals surface area contributed by atoms with Crippen LogP contribution in [0.3, 0.4) is 0 Å². The average Bonchev–Trinajstić information content (AvgIpc) is 2.16. The third-order valence-electron chi connectivity index (χ3n) is 15.6. The Hall–Kier alpha value is -8.83. The number of aliphatic hydroxyl groups is 1. The molecule has 0 saturated heterocycles. The Kier molecular flexibility index (Phi) is 22.4. The Balaban J connectivity index is 0.747. The summed E-state index contributed by atoms with van der Waals surface area (Å²) >= 11 is 0. The summed E-state index contributed by atoms with van der Waals surface area (Å²) in [4.78, 5) is 146. The topological polar surface area (TPSA) is 373 Å². The molecule has 5 heterocycles. The molecule has 4 aromatic rings. The monoisotopic (exact) mass is 1220 g/mol. The van der Waals surface area contributed by atoms with Gasteiger partial charge in [-0.3, -0.25) is 52.8 Å². The Bertz CT molecular complexity index is 3430. The summed E-state index contributed by atoms with van der Waals surface area (Å²) in [6, 6.07) is 9.40. The second-order valence-electron chi connectivity index (χ2n) is 21.4. The molecule has 2 aromatic carbocycles. The molecule has 0 fully saturated rings. The molecule has 9 N–H and O–H groups in total. The zero-order valence-electron chi connectivity index (χ0n) is 48.8. The van der Waals surface area contributed by atoms with Crippen LogP contribution in [0.1, 0.15) is 71.6 Å². The van der Waals surface area contributed by atoms with E-state index >= 15 is 4.39 Å². The molecule has 8 rings (SSSR count). The predicted molar refractivity (Wildman–Crippen MR) is 308 cm³/mol. The number of nitrogens with one attached hydrogen (secondary N) is 6. The number of fused-ring (bicyclic) bond motifs is 5. The van der Waals surface area contributed by atoms with Gasteiger partial charge in [0.15, 0.2) is 5.60 Å². The lowest BCUT2D eigenvalue weighted by Gasteiger charge is -2.33. The van der Waals surface area contributed by atoms with Crippen LogP contribution in [-0.2, 0) is 110 Å². The van der Waals surface area contributed by atoms with Crippen LogP contribution in [0.25, 0.3) is 22.3 Å². The average molecular weight is 1220 g/mol. The van der Waals surface area contributed by atoms with Gasteiger partial charge in [0.05, 0.1) is 102 Å². The Morgan fingerprint density at radius 1 is 0.750 bits per heavy atom. The first-order chi connectivity index (χ1) is 42.3. The molecular weight excluding hydrogens is 1150 g/mol. The van der Waals surface area contributed by atoms with E-state index in [0.29, 0.717) is 56.7 Å². The van der Waals surface area contributed by atoms with E-state index < -0.39 is 108 Å². The number of hydrogen-bond acceptors (Lipinski definition) is 18. The molecule has 3 aliphatic heterocycles. The standard InChI is InChI=1S/C60H71FN10O17/c1-3-60(83)41-26-46-56-39(32-71(46)58(81)40(41)33-88-59(60)82)38-25-36(24-37-34(2)42(61)27-44(69-56)55(37)38)43(28-47(62)72)67-52(77)31-66-57(80)45(23-35-7-5-4-6-8-35)68-51(76)30-65-50(75)29-64-49(74)12-15-84-17-19-86-21-22-87-20-18-85-16-13-63-48(73)11-14-70-53(78)9-10-54(70)79/h4-10,26-27,36,43,45,83H,3,11-25,28-33H2,1-2H3,(H2,62,72)(H,63,73)(H,64,74)(H,65,75)(H,66,80)(H,67,77)(H,68,76)/t36?,43?,45-,60-/m0/s1. The largest absolute Gasteiger partial charge is 0.458 e. The number of imide groups is 1. The Morgan fingerprint density at radius 2 is 1.36 bits per heavy atom. The fourth-order valence-corrected chi connectivity index (χ4v) is 10.9. The number of halogens is 1. The van der Waals surface area contributed by atoms with Gasteiger partial charge in [0, 0.05) is 79.5 Å². The van der Waals surface area contributed by atoms with Crippen LogP contribution < -0.4 is 43.2 Å². The Labute approximate surface area is 503 Å². The van der Waals surface area contributed by atoms with Crippen molar-refractivity contribution in [1.82, 2.24) is 46.4 Å². The molecule has 0 spiro atoms. The van der Waals surface area contributed by atoms with Crippen molar-refractivity contribution in [3.63, 3.8) is 0 Å². The van der Waals surface area contributed by atoms with Crippen LogP contribution in [0, 0.1) is 18.7 Å². The molecule has 28 heteroatoms. The van der Waals surface area contributed by atoms with E-state index in [-0.39, 0.29) is 134 Å². The molecule has 2 unspecified atom stereocenters. The van der Waals surface area contributed by atoms with Crippen LogP contribution >= 0.6 is 0 Å². The summed E-state index contributed by atoms with van der Waals surface area (Å²) in [6.45, 7) is 3.40. The highest BCUT2D eigenvalue weighted by molar-refractivity contribution is 6.13. The van der Waals surface area contributed by atoms with Crippen molar-refractivity contribution in [1.29, 1.82) is 0 Å². The van der Waals surface area contributed by atoms with E-state index in [2.05, 4.69) is 31.9 Å². The van der Waals surface area contributed by atoms with E-state index in [1.54, 1.807) is 50.2 Å². The molecule has 470 valence electrons. The quantitative estimate of drug-likeness (QED) is 0.0136. The first kappa shape index (κ1) is 65.2. The SMILES string of the molecule is CC[C@@]1(O)C(=O)OCc2c1cc1n(c2=O)Cc2c-1nc1cc(F)c(C)c3c1c2CC(C(CC(N)=O)NC(=O)CNC(=O)[C@H](Cc1ccccc1)NC(=O)CNC(=O)CNC(=O)CCOCCOCCOCCOCCNC(=O)CCN1C(=O)C=CC1=O)C3. The molecule has 9 amide bonds. The zero-order valence-corrected chi connectivity index (χ0v) is 48.8. The molecular formula is C60H71FN10O17. The summed E-state index contributed by atoms with van der Waals surface area (Å²) in [5, 5.41) is 27.6. The number of carbonyl (C=O) groups excluding carboxylic acids is 10. The molecule has 1 aliphatic carbocycles. The number of carbonyl (C=O) groups is 10. The van der Waals surface area contributed by atoms with E-state index in [1.807, 2.05) is 0 Å². The van der Waals surface area contributed by atoms with E-state index in [9.17, 15) is 57.8 Å². The van der Waals surface area contributed by atoms with Gasteiger partial charge in [0.1, 0.15) is 18.5 Å². The first-order valence-corrected chi connectivity index (χ1v) is 28.9. The van der Waals surface area contributed by atoms with Crippen LogP contribution in [-0.4, -0.2) is 176 Å². The van der Waals surface area contributed by atoms with Gasteiger partial charge in [0.25, 0.3) is 17.4 Å². The maximum absolute atomic E-state index is 15.8. The van der Waals surface area contributed by atoms with Gasteiger partial charge in [-0.2, -0.15) is 0 Å². The minimum Gasteiger partial charge on any atom is -0.458 e. The summed E-state index contributed by atoms with van der Waals surface area (Å²) in [7, 11) is 0. The summed E-state index contributed by atoms with van der Waals surface area (Å²) in [6.07, 6.45) is 2.24. The van der Waals surface area contributed by atoms with Crippen molar-refractivity contribution in [2.45, 2.75) is 89.6 Å². The highest BCUT2D eigenvalue weighted by atomic mass is 19.1. The fraction of sp³-hybridized carbons (Fsp3) is 0.467. The highest BCUT2D eigenvalue weighted by Crippen LogP contribution is 2.45. The van der Waals surface area contributed by atoms with Crippen molar-refractivity contribution < 1.29 is 81.1 Å². The van der Waals surface area contributed by atoms with Gasteiger partial charge in [0.2, 0.25) is 41.4 Å². The second kappa shape index (κ2) is 30.2. The zero-order chi connectivity index (χ0) is 63.1. The van der Waals surface area contributed by atoms with E-state index in [1.165, 1.54) is 10.6 Å². The number of nitrogens with two attached hydrogens (primary N) is 1. The van der Waals surface area contributed by atoms with Gasteiger partial charge < -0.3 is 71.0 Å². The van der Waals surface area contributed by atoms with Crippen molar-refractivity contribution >= 4 is 70.0 Å². The van der Waals surface area contributed by atoms with Gasteiger partial charge >= 0.3 is 5.97 Å². The minimum absolute atomic E-state index is 0.00263. The normalized spacial score (nSPS) is 16.9. The van der Waals surface area contributed by atoms with Crippen molar-refractivity contribution in [3.05, 3.63) is 110 Å². The van der Waals surface area contributed by atoms with Crippen LogP contribution in [0.15, 0.2) is 59.4 Å². The fourth-order valence-electron chi connectivity index (χ4n) is 10.9. The predicted octanol–water partition coefficient (Wildman–Crippen LogP) is -1.43. The van der Waals surface area contributed by atoms with Gasteiger partial charge in [-0.15, -0.1) is 0 Å². The third-order valence-corrected chi connectivity index (χ3v) is 15.6. The molecule has 0 saturated carbocycles. The number of cyclic esters (lactones) is 1. The number of hydrogen-bond donors (Lipinski definition) is 8. The van der Waals surface area contributed by atoms with Crippen LogP contribution in [0.4, 0.5) is 4.39 Å². The van der Waals surface area contributed by atoms with Crippen LogP contribution in [0.2, 0.25) is 0 Å². The number of aromatic nitrogens is 2. The number of primary amides is 1. The molecule has 88 heavy (non-hydrogen) atoms. The van der Waals surface area contributed by atoms with Crippen molar-refractivity contribution in [2.24, 2.45) is 11.7 Å². The van der Waals surface area contributed by atoms with Gasteiger partial charge in [-0.25, -0.2) is 14.2 Å². The first-order valence-electron chi connectivity index (χ1n) is 28.9. The summed E-state index contributed by atoms with van der Waals surface area (Å²) in [5.41, 5.74) is 7.33. The number of rotatable bonds is 33. The lowest BCUT2D eigenvalue weighted by Crippen LogP contribution is -2.53. The maximum Gasteiger partial charge on any atom is 0.343 e. The highest BCUT2D eigenvalue weighted by Gasteiger charge is 2.46. The second-order valence-corrected chi connectivity index (χ2v) is 21.4. The number of nitrogens with zero attached hydrogens (tertiary/aromatic N) is 3. The molecule has 0 radical (unpaired) electrons. The number of ether oxygens (including phenoxy) is 5. The van der Waals surface area contributed by atoms with Crippen LogP contribution in [0.5, 0.6) is 0 Å². The molecule has 4 atom stereocenters.